The molecule has 0 unspecified atom stereocenters. The fourth-order valence-corrected chi connectivity index (χ4v) is 3.49. The number of phenols is 1. The summed E-state index contributed by atoms with van der Waals surface area (Å²) in [6.07, 6.45) is 0. The molecule has 0 bridgehead atoms. The Balaban J connectivity index is 2.04. The lowest BCUT2D eigenvalue weighted by Gasteiger charge is -2.02. The van der Waals surface area contributed by atoms with E-state index in [2.05, 4.69) is 29.2 Å². The van der Waals surface area contributed by atoms with Crippen molar-refractivity contribution in [3.05, 3.63) is 60.7 Å². The summed E-state index contributed by atoms with van der Waals surface area (Å²) in [5.41, 5.74) is 1.80. The van der Waals surface area contributed by atoms with Crippen LogP contribution in [0.2, 0.25) is 0 Å². The minimum Gasteiger partial charge on any atom is -0.506 e. The quantitative estimate of drug-likeness (QED) is 0.541. The molecular formula is C17H11NOS. The van der Waals surface area contributed by atoms with Crippen molar-refractivity contribution in [1.82, 2.24) is 4.98 Å². The van der Waals surface area contributed by atoms with Gasteiger partial charge in [0.2, 0.25) is 0 Å². The highest BCUT2D eigenvalue weighted by atomic mass is 32.1. The van der Waals surface area contributed by atoms with Crippen LogP contribution in [-0.4, -0.2) is 10.1 Å². The van der Waals surface area contributed by atoms with Gasteiger partial charge in [0.25, 0.3) is 0 Å². The maximum atomic E-state index is 9.89. The molecule has 0 fully saturated rings. The Morgan fingerprint density at radius 3 is 2.55 bits per heavy atom. The van der Waals surface area contributed by atoms with Crippen molar-refractivity contribution in [3.8, 4) is 16.3 Å². The van der Waals surface area contributed by atoms with Gasteiger partial charge in [0.05, 0.1) is 4.70 Å². The average Bonchev–Trinajstić information content (AvgIpc) is 2.92. The number of thiazole rings is 1. The number of nitrogens with zero attached hydrogens (tertiary/aromatic N) is 1. The van der Waals surface area contributed by atoms with Gasteiger partial charge < -0.3 is 5.11 Å². The van der Waals surface area contributed by atoms with Crippen LogP contribution in [0, 0.1) is 0 Å². The Kier molecular flexibility index (Phi) is 2.47. The number of aromatic hydroxyl groups is 1. The monoisotopic (exact) mass is 277 g/mol. The lowest BCUT2D eigenvalue weighted by molar-refractivity contribution is 0.480. The number of hydrogen-bond donors (Lipinski definition) is 1. The molecule has 20 heavy (non-hydrogen) atoms. The highest BCUT2D eigenvalue weighted by Crippen LogP contribution is 2.36. The van der Waals surface area contributed by atoms with Crippen LogP contribution in [0.1, 0.15) is 0 Å². The summed E-state index contributed by atoms with van der Waals surface area (Å²) in [4.78, 5) is 4.60. The Hall–Kier alpha value is -2.39. The van der Waals surface area contributed by atoms with Crippen LogP contribution in [0.3, 0.4) is 0 Å². The van der Waals surface area contributed by atoms with Crippen LogP contribution < -0.4 is 0 Å². The maximum Gasteiger partial charge on any atom is 0.142 e. The molecule has 0 atom stereocenters. The first-order valence-electron chi connectivity index (χ1n) is 6.39. The second-order valence-electron chi connectivity index (χ2n) is 4.67. The molecule has 0 spiro atoms. The number of rotatable bonds is 1. The van der Waals surface area contributed by atoms with Crippen molar-refractivity contribution in [2.75, 3.05) is 0 Å². The van der Waals surface area contributed by atoms with Crippen molar-refractivity contribution >= 4 is 32.3 Å². The first-order valence-corrected chi connectivity index (χ1v) is 7.21. The van der Waals surface area contributed by atoms with Gasteiger partial charge in [-0.2, -0.15) is 0 Å². The third kappa shape index (κ3) is 1.67. The number of aromatic nitrogens is 1. The second-order valence-corrected chi connectivity index (χ2v) is 5.70. The van der Waals surface area contributed by atoms with E-state index < -0.39 is 0 Å². The van der Waals surface area contributed by atoms with E-state index in [1.807, 2.05) is 30.3 Å². The predicted octanol–water partition coefficient (Wildman–Crippen LogP) is 4.82. The second kappa shape index (κ2) is 4.32. The first kappa shape index (κ1) is 11.4. The summed E-state index contributed by atoms with van der Waals surface area (Å²) in [6, 6.07) is 20.0. The number of benzene rings is 3. The first-order chi connectivity index (χ1) is 9.83. The van der Waals surface area contributed by atoms with Crippen LogP contribution in [0.4, 0.5) is 0 Å². The summed E-state index contributed by atoms with van der Waals surface area (Å²) in [6.45, 7) is 0. The lowest BCUT2D eigenvalue weighted by atomic mass is 10.1. The molecule has 0 aliphatic rings. The molecule has 4 aromatic rings. The third-order valence-electron chi connectivity index (χ3n) is 3.42. The van der Waals surface area contributed by atoms with Crippen molar-refractivity contribution < 1.29 is 5.11 Å². The number of hydrogen-bond acceptors (Lipinski definition) is 3. The molecule has 1 aromatic heterocycles. The van der Waals surface area contributed by atoms with E-state index in [1.165, 1.54) is 10.8 Å². The Morgan fingerprint density at radius 2 is 1.65 bits per heavy atom. The topological polar surface area (TPSA) is 33.1 Å². The van der Waals surface area contributed by atoms with Crippen LogP contribution in [0.25, 0.3) is 31.6 Å². The molecule has 0 saturated carbocycles. The number of fused-ring (bicyclic) bond motifs is 2. The Morgan fingerprint density at radius 1 is 0.850 bits per heavy atom. The standard InChI is InChI=1S/C17H11NOS/c19-14-9-4-10-15-16(14)18-17(20-15)13-8-3-6-11-5-1-2-7-12(11)13/h1-10,19H. The maximum absolute atomic E-state index is 9.89. The van der Waals surface area contributed by atoms with Crippen LogP contribution in [0.15, 0.2) is 60.7 Å². The number of para-hydroxylation sites is 1. The zero-order chi connectivity index (χ0) is 13.5. The van der Waals surface area contributed by atoms with Gasteiger partial charge in [-0.05, 0) is 22.9 Å². The van der Waals surface area contributed by atoms with Gasteiger partial charge >= 0.3 is 0 Å². The largest absolute Gasteiger partial charge is 0.506 e. The lowest BCUT2D eigenvalue weighted by Crippen LogP contribution is -1.79. The highest BCUT2D eigenvalue weighted by molar-refractivity contribution is 7.21. The smallest absolute Gasteiger partial charge is 0.142 e. The molecular weight excluding hydrogens is 266 g/mol. The third-order valence-corrected chi connectivity index (χ3v) is 4.47. The minimum absolute atomic E-state index is 0.241. The van der Waals surface area contributed by atoms with Gasteiger partial charge in [0.1, 0.15) is 16.3 Å². The van der Waals surface area contributed by atoms with E-state index in [4.69, 9.17) is 0 Å². The summed E-state index contributed by atoms with van der Waals surface area (Å²) in [5.74, 6) is 0.241. The molecule has 0 radical (unpaired) electrons. The summed E-state index contributed by atoms with van der Waals surface area (Å²) in [7, 11) is 0. The molecule has 96 valence electrons. The van der Waals surface area contributed by atoms with Gasteiger partial charge in [-0.15, -0.1) is 11.3 Å². The summed E-state index contributed by atoms with van der Waals surface area (Å²) in [5, 5.41) is 13.2. The van der Waals surface area contributed by atoms with Crippen molar-refractivity contribution in [2.45, 2.75) is 0 Å². The minimum atomic E-state index is 0.241. The van der Waals surface area contributed by atoms with E-state index in [9.17, 15) is 5.11 Å². The van der Waals surface area contributed by atoms with E-state index >= 15 is 0 Å². The SMILES string of the molecule is Oc1cccc2sc(-c3cccc4ccccc34)nc12. The van der Waals surface area contributed by atoms with Crippen LogP contribution in [0.5, 0.6) is 5.75 Å². The Bertz CT molecular complexity index is 921. The molecule has 3 heteroatoms. The average molecular weight is 277 g/mol. The molecule has 4 rings (SSSR count). The van der Waals surface area contributed by atoms with E-state index in [1.54, 1.807) is 17.4 Å². The van der Waals surface area contributed by atoms with Crippen molar-refractivity contribution in [3.63, 3.8) is 0 Å². The van der Waals surface area contributed by atoms with Crippen molar-refractivity contribution in [2.24, 2.45) is 0 Å². The van der Waals surface area contributed by atoms with Gasteiger partial charge in [-0.25, -0.2) is 4.98 Å². The van der Waals surface area contributed by atoms with Gasteiger partial charge in [-0.3, -0.25) is 0 Å². The molecule has 0 aliphatic heterocycles. The van der Waals surface area contributed by atoms with Gasteiger partial charge in [0, 0.05) is 5.56 Å². The fourth-order valence-electron chi connectivity index (χ4n) is 2.46. The molecule has 2 nitrogen and oxygen atoms in total. The molecule has 0 aliphatic carbocycles. The Labute approximate surface area is 120 Å². The number of phenolic OH excluding ortho intramolecular Hbond substituents is 1. The molecule has 1 heterocycles. The predicted molar refractivity (Wildman–Crippen MR) is 84.2 cm³/mol. The van der Waals surface area contributed by atoms with Crippen LogP contribution in [-0.2, 0) is 0 Å². The molecule has 0 amide bonds. The summed E-state index contributed by atoms with van der Waals surface area (Å²) < 4.78 is 1.01. The fraction of sp³-hybridized carbons (Fsp3) is 0. The summed E-state index contributed by atoms with van der Waals surface area (Å²) >= 11 is 1.61. The highest BCUT2D eigenvalue weighted by Gasteiger charge is 2.11. The zero-order valence-electron chi connectivity index (χ0n) is 10.6. The van der Waals surface area contributed by atoms with Gasteiger partial charge in [0.15, 0.2) is 0 Å². The molecule has 1 N–H and O–H groups in total. The molecule has 0 saturated heterocycles. The van der Waals surface area contributed by atoms with E-state index in [-0.39, 0.29) is 5.75 Å². The zero-order valence-corrected chi connectivity index (χ0v) is 11.4. The molecule has 3 aromatic carbocycles. The van der Waals surface area contributed by atoms with Crippen LogP contribution >= 0.6 is 11.3 Å². The van der Waals surface area contributed by atoms with E-state index in [0.29, 0.717) is 5.52 Å². The van der Waals surface area contributed by atoms with Crippen molar-refractivity contribution in [1.29, 1.82) is 0 Å². The normalized spacial score (nSPS) is 11.2. The van der Waals surface area contributed by atoms with E-state index in [0.717, 1.165) is 15.3 Å². The van der Waals surface area contributed by atoms with Gasteiger partial charge in [-0.1, -0.05) is 48.5 Å².